The summed E-state index contributed by atoms with van der Waals surface area (Å²) in [6.07, 6.45) is 3.19. The fraction of sp³-hybridized carbons (Fsp3) is 0.0769. The Morgan fingerprint density at radius 2 is 2.22 bits per heavy atom. The van der Waals surface area contributed by atoms with E-state index in [-0.39, 0.29) is 5.75 Å². The van der Waals surface area contributed by atoms with Crippen LogP contribution in [0.15, 0.2) is 47.7 Å². The number of hydrogen-bond donors (Lipinski definition) is 2. The molecule has 2 N–H and O–H groups in total. The molecule has 5 nitrogen and oxygen atoms in total. The Balaban J connectivity index is 2.05. The fourth-order valence-corrected chi connectivity index (χ4v) is 1.36. The molecule has 0 fully saturated rings. The second-order valence-electron chi connectivity index (χ2n) is 3.51. The summed E-state index contributed by atoms with van der Waals surface area (Å²) in [6.45, 7) is 0. The molecule has 0 atom stereocenters. The van der Waals surface area contributed by atoms with E-state index in [4.69, 9.17) is 4.74 Å². The molecule has 0 radical (unpaired) electrons. The SMILES string of the molecule is COc1ccc(/C=N/Nc2ccccn2)c(O)c1. The van der Waals surface area contributed by atoms with Gasteiger partial charge in [-0.2, -0.15) is 5.10 Å². The zero-order valence-electron chi connectivity index (χ0n) is 9.87. The molecular weight excluding hydrogens is 230 g/mol. The highest BCUT2D eigenvalue weighted by Crippen LogP contribution is 2.21. The molecule has 0 aliphatic carbocycles. The molecule has 1 heterocycles. The number of phenols is 1. The number of hydrogen-bond acceptors (Lipinski definition) is 5. The van der Waals surface area contributed by atoms with Crippen LogP contribution >= 0.6 is 0 Å². The second-order valence-corrected chi connectivity index (χ2v) is 3.51. The highest BCUT2D eigenvalue weighted by Gasteiger charge is 2.00. The number of ether oxygens (including phenoxy) is 1. The minimum absolute atomic E-state index is 0.112. The second kappa shape index (κ2) is 5.67. The summed E-state index contributed by atoms with van der Waals surface area (Å²) in [5.74, 6) is 1.35. The van der Waals surface area contributed by atoms with Crippen molar-refractivity contribution in [1.82, 2.24) is 4.98 Å². The molecule has 0 saturated carbocycles. The number of rotatable bonds is 4. The molecule has 0 aliphatic heterocycles. The van der Waals surface area contributed by atoms with Crippen molar-refractivity contribution in [1.29, 1.82) is 0 Å². The van der Waals surface area contributed by atoms with Crippen LogP contribution < -0.4 is 10.2 Å². The van der Waals surface area contributed by atoms with Gasteiger partial charge in [0.25, 0.3) is 0 Å². The highest BCUT2D eigenvalue weighted by atomic mass is 16.5. The largest absolute Gasteiger partial charge is 0.507 e. The topological polar surface area (TPSA) is 66.7 Å². The van der Waals surface area contributed by atoms with Crippen LogP contribution in [0.3, 0.4) is 0 Å². The average Bonchev–Trinajstić information content (AvgIpc) is 2.42. The van der Waals surface area contributed by atoms with Crippen molar-refractivity contribution in [2.45, 2.75) is 0 Å². The number of benzene rings is 1. The van der Waals surface area contributed by atoms with E-state index in [1.54, 1.807) is 31.5 Å². The Bertz CT molecular complexity index is 541. The predicted octanol–water partition coefficient (Wildman–Crippen LogP) is 2.24. The maximum Gasteiger partial charge on any atom is 0.146 e. The van der Waals surface area contributed by atoms with Crippen molar-refractivity contribution in [3.63, 3.8) is 0 Å². The van der Waals surface area contributed by atoms with Gasteiger partial charge in [0.05, 0.1) is 13.3 Å². The summed E-state index contributed by atoms with van der Waals surface area (Å²) >= 11 is 0. The molecule has 18 heavy (non-hydrogen) atoms. The normalized spacial score (nSPS) is 10.5. The van der Waals surface area contributed by atoms with Crippen molar-refractivity contribution in [2.24, 2.45) is 5.10 Å². The lowest BCUT2D eigenvalue weighted by Crippen LogP contribution is -1.93. The molecule has 0 aliphatic rings. The summed E-state index contributed by atoms with van der Waals surface area (Å²) in [5, 5.41) is 13.7. The first-order valence-corrected chi connectivity index (χ1v) is 5.36. The first kappa shape index (κ1) is 11.9. The van der Waals surface area contributed by atoms with Gasteiger partial charge in [0.1, 0.15) is 17.3 Å². The Labute approximate surface area is 105 Å². The number of aromatic nitrogens is 1. The molecule has 0 spiro atoms. The molecule has 0 bridgehead atoms. The van der Waals surface area contributed by atoms with E-state index in [2.05, 4.69) is 15.5 Å². The van der Waals surface area contributed by atoms with Crippen LogP contribution in [0.1, 0.15) is 5.56 Å². The maximum absolute atomic E-state index is 9.71. The summed E-state index contributed by atoms with van der Waals surface area (Å²) in [5.41, 5.74) is 3.36. The van der Waals surface area contributed by atoms with Crippen molar-refractivity contribution < 1.29 is 9.84 Å². The minimum Gasteiger partial charge on any atom is -0.507 e. The lowest BCUT2D eigenvalue weighted by molar-refractivity contribution is 0.407. The number of methoxy groups -OCH3 is 1. The third kappa shape index (κ3) is 2.98. The summed E-state index contributed by atoms with van der Waals surface area (Å²) in [4.78, 5) is 4.05. The van der Waals surface area contributed by atoms with E-state index in [1.165, 1.54) is 12.3 Å². The van der Waals surface area contributed by atoms with Gasteiger partial charge in [-0.1, -0.05) is 6.07 Å². The number of anilines is 1. The molecule has 1 aromatic heterocycles. The van der Waals surface area contributed by atoms with E-state index >= 15 is 0 Å². The molecular formula is C13H13N3O2. The van der Waals surface area contributed by atoms with Crippen LogP contribution in [0, 0.1) is 0 Å². The average molecular weight is 243 g/mol. The minimum atomic E-state index is 0.112. The Morgan fingerprint density at radius 3 is 2.89 bits per heavy atom. The first-order chi connectivity index (χ1) is 8.79. The van der Waals surface area contributed by atoms with Crippen molar-refractivity contribution in [3.05, 3.63) is 48.2 Å². The Hall–Kier alpha value is -2.56. The number of nitrogens with one attached hydrogen (secondary N) is 1. The van der Waals surface area contributed by atoms with Crippen molar-refractivity contribution in [3.8, 4) is 11.5 Å². The third-order valence-electron chi connectivity index (χ3n) is 2.29. The van der Waals surface area contributed by atoms with Gasteiger partial charge < -0.3 is 9.84 Å². The number of aromatic hydroxyl groups is 1. The van der Waals surface area contributed by atoms with Gasteiger partial charge >= 0.3 is 0 Å². The third-order valence-corrected chi connectivity index (χ3v) is 2.29. The number of hydrazone groups is 1. The van der Waals surface area contributed by atoms with Crippen LogP contribution in [0.25, 0.3) is 0 Å². The quantitative estimate of drug-likeness (QED) is 0.638. The molecule has 2 rings (SSSR count). The predicted molar refractivity (Wildman–Crippen MR) is 70.1 cm³/mol. The number of nitrogens with zero attached hydrogens (tertiary/aromatic N) is 2. The molecule has 0 unspecified atom stereocenters. The van der Waals surface area contributed by atoms with Gasteiger partial charge in [-0.05, 0) is 24.3 Å². The van der Waals surface area contributed by atoms with Crippen LogP contribution in [-0.4, -0.2) is 23.4 Å². The Morgan fingerprint density at radius 1 is 1.33 bits per heavy atom. The standard InChI is InChI=1S/C13H13N3O2/c1-18-11-6-5-10(12(17)8-11)9-15-16-13-4-2-3-7-14-13/h2-9,17H,1H3,(H,14,16)/b15-9+. The molecule has 1 aromatic carbocycles. The summed E-state index contributed by atoms with van der Waals surface area (Å²) in [7, 11) is 1.55. The van der Waals surface area contributed by atoms with Gasteiger partial charge in [0.15, 0.2) is 0 Å². The molecule has 5 heteroatoms. The first-order valence-electron chi connectivity index (χ1n) is 5.36. The van der Waals surface area contributed by atoms with Gasteiger partial charge in [-0.15, -0.1) is 0 Å². The van der Waals surface area contributed by atoms with Crippen LogP contribution in [0.4, 0.5) is 5.82 Å². The maximum atomic E-state index is 9.71. The van der Waals surface area contributed by atoms with E-state index in [1.807, 2.05) is 12.1 Å². The van der Waals surface area contributed by atoms with Crippen LogP contribution in [0.5, 0.6) is 11.5 Å². The van der Waals surface area contributed by atoms with Crippen LogP contribution in [0.2, 0.25) is 0 Å². The Kier molecular flexibility index (Phi) is 3.76. The molecule has 92 valence electrons. The summed E-state index contributed by atoms with van der Waals surface area (Å²) < 4.78 is 4.99. The lowest BCUT2D eigenvalue weighted by atomic mass is 10.2. The lowest BCUT2D eigenvalue weighted by Gasteiger charge is -2.03. The van der Waals surface area contributed by atoms with Gasteiger partial charge in [0.2, 0.25) is 0 Å². The summed E-state index contributed by atoms with van der Waals surface area (Å²) in [6, 6.07) is 10.5. The van der Waals surface area contributed by atoms with Crippen LogP contribution in [-0.2, 0) is 0 Å². The molecule has 2 aromatic rings. The van der Waals surface area contributed by atoms with E-state index in [9.17, 15) is 5.11 Å². The van der Waals surface area contributed by atoms with E-state index in [0.29, 0.717) is 17.1 Å². The van der Waals surface area contributed by atoms with E-state index < -0.39 is 0 Å². The van der Waals surface area contributed by atoms with Gasteiger partial charge in [0, 0.05) is 17.8 Å². The van der Waals surface area contributed by atoms with E-state index in [0.717, 1.165) is 0 Å². The molecule has 0 amide bonds. The number of phenolic OH excluding ortho intramolecular Hbond substituents is 1. The zero-order valence-corrected chi connectivity index (χ0v) is 9.87. The number of pyridine rings is 1. The van der Waals surface area contributed by atoms with Crippen molar-refractivity contribution in [2.75, 3.05) is 12.5 Å². The fourth-order valence-electron chi connectivity index (χ4n) is 1.36. The zero-order chi connectivity index (χ0) is 12.8. The highest BCUT2D eigenvalue weighted by molar-refractivity contribution is 5.84. The monoisotopic (exact) mass is 243 g/mol. The van der Waals surface area contributed by atoms with Gasteiger partial charge in [-0.25, -0.2) is 4.98 Å². The smallest absolute Gasteiger partial charge is 0.146 e. The van der Waals surface area contributed by atoms with Crippen molar-refractivity contribution >= 4 is 12.0 Å². The van der Waals surface area contributed by atoms with Gasteiger partial charge in [-0.3, -0.25) is 5.43 Å². The molecule has 0 saturated heterocycles.